The lowest BCUT2D eigenvalue weighted by Crippen LogP contribution is -2.47. The molecule has 0 aliphatic carbocycles. The molecule has 0 unspecified atom stereocenters. The van der Waals surface area contributed by atoms with Gasteiger partial charge in [0.05, 0.1) is 24.0 Å². The zero-order chi connectivity index (χ0) is 26.0. The van der Waals surface area contributed by atoms with E-state index in [1.54, 1.807) is 0 Å². The van der Waals surface area contributed by atoms with Gasteiger partial charge in [-0.3, -0.25) is 9.59 Å². The minimum atomic E-state index is -0.441. The minimum absolute atomic E-state index is 0. The molecule has 7 heteroatoms. The van der Waals surface area contributed by atoms with Crippen molar-refractivity contribution in [2.75, 3.05) is 53.5 Å². The molecular weight excluding hydrogens is 488 g/mol. The maximum Gasteiger partial charge on any atom is 0.316 e. The van der Waals surface area contributed by atoms with Crippen LogP contribution in [0.15, 0.2) is 60.7 Å². The Morgan fingerprint density at radius 1 is 0.649 bits per heavy atom. The monoisotopic (exact) mass is 530 g/mol. The number of hydrogen-bond donors (Lipinski definition) is 0. The fraction of sp³-hybridized carbons (Fsp3) is 0.533. The summed E-state index contributed by atoms with van der Waals surface area (Å²) in [6, 6.07) is 20.1. The summed E-state index contributed by atoms with van der Waals surface area (Å²) >= 11 is 0. The molecule has 0 saturated carbocycles. The molecule has 37 heavy (non-hydrogen) atoms. The van der Waals surface area contributed by atoms with E-state index in [-0.39, 0.29) is 24.3 Å². The molecule has 2 heterocycles. The SMILES string of the molecule is CCOC(=O)C1(c2ccccc2)CCN(C)CC1.CCOC(=O)C1(c2ccccc2)CCN(C)CC1.Cl. The van der Waals surface area contributed by atoms with Crippen LogP contribution >= 0.6 is 12.4 Å². The standard InChI is InChI=1S/2C15H21NO2.ClH/c2*1-3-18-14(17)15(9-11-16(2)12-10-15)13-7-5-4-6-8-13;/h2*4-8H,3,9-12H2,1-2H3;1H. The lowest BCUT2D eigenvalue weighted by atomic mass is 9.73. The summed E-state index contributed by atoms with van der Waals surface area (Å²) < 4.78 is 10.6. The predicted octanol–water partition coefficient (Wildman–Crippen LogP) is 4.85. The van der Waals surface area contributed by atoms with Crippen molar-refractivity contribution in [3.05, 3.63) is 71.8 Å². The number of halogens is 1. The van der Waals surface area contributed by atoms with Crippen molar-refractivity contribution in [1.29, 1.82) is 0 Å². The fourth-order valence-corrected chi connectivity index (χ4v) is 5.27. The van der Waals surface area contributed by atoms with Gasteiger partial charge in [-0.2, -0.15) is 0 Å². The zero-order valence-corrected chi connectivity index (χ0v) is 23.6. The van der Waals surface area contributed by atoms with E-state index in [0.29, 0.717) is 13.2 Å². The maximum atomic E-state index is 12.4. The van der Waals surface area contributed by atoms with E-state index in [1.165, 1.54) is 0 Å². The Hall–Kier alpha value is -2.41. The highest BCUT2D eigenvalue weighted by molar-refractivity contribution is 5.85. The molecule has 0 aromatic heterocycles. The van der Waals surface area contributed by atoms with Crippen molar-refractivity contribution < 1.29 is 19.1 Å². The van der Waals surface area contributed by atoms with E-state index in [9.17, 15) is 9.59 Å². The number of carbonyl (C=O) groups excluding carboxylic acids is 2. The van der Waals surface area contributed by atoms with Gasteiger partial charge in [-0.1, -0.05) is 60.7 Å². The second kappa shape index (κ2) is 14.5. The van der Waals surface area contributed by atoms with E-state index in [4.69, 9.17) is 9.47 Å². The first-order chi connectivity index (χ1) is 17.4. The molecule has 0 N–H and O–H groups in total. The van der Waals surface area contributed by atoms with Gasteiger partial charge in [-0.25, -0.2) is 0 Å². The Labute approximate surface area is 228 Å². The van der Waals surface area contributed by atoms with Crippen molar-refractivity contribution in [3.8, 4) is 0 Å². The first-order valence-corrected chi connectivity index (χ1v) is 13.2. The van der Waals surface area contributed by atoms with Gasteiger partial charge in [-0.15, -0.1) is 12.4 Å². The molecular formula is C30H43ClN2O4. The van der Waals surface area contributed by atoms with Crippen molar-refractivity contribution in [2.24, 2.45) is 0 Å². The van der Waals surface area contributed by atoms with E-state index >= 15 is 0 Å². The van der Waals surface area contributed by atoms with Gasteiger partial charge in [-0.05, 0) is 90.9 Å². The summed E-state index contributed by atoms with van der Waals surface area (Å²) in [7, 11) is 4.19. The molecule has 0 bridgehead atoms. The molecule has 2 aliphatic rings. The number of likely N-dealkylation sites (tertiary alicyclic amines) is 2. The van der Waals surface area contributed by atoms with Crippen LogP contribution in [0, 0.1) is 0 Å². The molecule has 0 spiro atoms. The zero-order valence-electron chi connectivity index (χ0n) is 22.8. The maximum absolute atomic E-state index is 12.4. The minimum Gasteiger partial charge on any atom is -0.465 e. The van der Waals surface area contributed by atoms with Crippen molar-refractivity contribution in [2.45, 2.75) is 50.4 Å². The molecule has 204 valence electrons. The van der Waals surface area contributed by atoms with Crippen LogP contribution in [0.2, 0.25) is 0 Å². The Morgan fingerprint density at radius 3 is 1.22 bits per heavy atom. The van der Waals surface area contributed by atoms with E-state index in [0.717, 1.165) is 63.0 Å². The number of piperidine rings is 2. The quantitative estimate of drug-likeness (QED) is 0.498. The summed E-state index contributed by atoms with van der Waals surface area (Å²) in [5, 5.41) is 0. The molecule has 4 rings (SSSR count). The second-order valence-corrected chi connectivity index (χ2v) is 9.94. The highest BCUT2D eigenvalue weighted by atomic mass is 35.5. The first kappa shape index (κ1) is 30.8. The fourth-order valence-electron chi connectivity index (χ4n) is 5.27. The first-order valence-electron chi connectivity index (χ1n) is 13.2. The Balaban J connectivity index is 0.000000253. The van der Waals surface area contributed by atoms with Crippen molar-refractivity contribution in [1.82, 2.24) is 9.80 Å². The van der Waals surface area contributed by atoms with Gasteiger partial charge >= 0.3 is 11.9 Å². The van der Waals surface area contributed by atoms with Crippen LogP contribution in [0.1, 0.15) is 50.7 Å². The van der Waals surface area contributed by atoms with Gasteiger partial charge in [0.2, 0.25) is 0 Å². The molecule has 0 radical (unpaired) electrons. The summed E-state index contributed by atoms with van der Waals surface area (Å²) in [5.41, 5.74) is 1.31. The number of nitrogens with zero attached hydrogens (tertiary/aromatic N) is 2. The largest absolute Gasteiger partial charge is 0.465 e. The highest BCUT2D eigenvalue weighted by Gasteiger charge is 2.44. The van der Waals surface area contributed by atoms with Crippen LogP contribution in [0.25, 0.3) is 0 Å². The molecule has 2 aromatic carbocycles. The molecule has 2 fully saturated rings. The Kier molecular flexibility index (Phi) is 12.1. The van der Waals surface area contributed by atoms with E-state index < -0.39 is 10.8 Å². The number of esters is 2. The van der Waals surface area contributed by atoms with Crippen LogP contribution in [0.3, 0.4) is 0 Å². The van der Waals surface area contributed by atoms with Crippen molar-refractivity contribution in [3.63, 3.8) is 0 Å². The van der Waals surface area contributed by atoms with Gasteiger partial charge < -0.3 is 19.3 Å². The Morgan fingerprint density at radius 2 is 0.946 bits per heavy atom. The van der Waals surface area contributed by atoms with Crippen LogP contribution < -0.4 is 0 Å². The molecule has 2 aliphatic heterocycles. The van der Waals surface area contributed by atoms with Gasteiger partial charge in [0, 0.05) is 0 Å². The normalized spacial score (nSPS) is 18.9. The summed E-state index contributed by atoms with van der Waals surface area (Å²) in [4.78, 5) is 29.3. The highest BCUT2D eigenvalue weighted by Crippen LogP contribution is 2.37. The molecule has 0 atom stereocenters. The van der Waals surface area contributed by atoms with Gasteiger partial charge in [0.1, 0.15) is 0 Å². The number of ether oxygens (including phenoxy) is 2. The van der Waals surface area contributed by atoms with Gasteiger partial charge in [0.25, 0.3) is 0 Å². The summed E-state index contributed by atoms with van der Waals surface area (Å²) in [6.07, 6.45) is 3.36. The van der Waals surface area contributed by atoms with Crippen LogP contribution in [-0.4, -0.2) is 75.2 Å². The van der Waals surface area contributed by atoms with Crippen molar-refractivity contribution >= 4 is 24.3 Å². The summed E-state index contributed by atoms with van der Waals surface area (Å²) in [5.74, 6) is -0.131. The predicted molar refractivity (Wildman–Crippen MR) is 150 cm³/mol. The third-order valence-corrected chi connectivity index (χ3v) is 7.67. The van der Waals surface area contributed by atoms with E-state index in [2.05, 4.69) is 23.9 Å². The van der Waals surface area contributed by atoms with Crippen LogP contribution in [0.5, 0.6) is 0 Å². The van der Waals surface area contributed by atoms with Crippen LogP contribution in [-0.2, 0) is 29.9 Å². The number of hydrogen-bond acceptors (Lipinski definition) is 6. The molecule has 2 aromatic rings. The average molecular weight is 531 g/mol. The molecule has 0 amide bonds. The lowest BCUT2D eigenvalue weighted by molar-refractivity contribution is -0.153. The third-order valence-electron chi connectivity index (χ3n) is 7.67. The van der Waals surface area contributed by atoms with Gasteiger partial charge in [0.15, 0.2) is 0 Å². The number of carbonyl (C=O) groups is 2. The number of rotatable bonds is 6. The van der Waals surface area contributed by atoms with E-state index in [1.807, 2.05) is 74.5 Å². The Bertz CT molecular complexity index is 875. The smallest absolute Gasteiger partial charge is 0.316 e. The molecule has 6 nitrogen and oxygen atoms in total. The summed E-state index contributed by atoms with van der Waals surface area (Å²) in [6.45, 7) is 8.38. The lowest BCUT2D eigenvalue weighted by Gasteiger charge is -2.38. The molecule has 2 saturated heterocycles. The number of benzene rings is 2. The third kappa shape index (κ3) is 7.34. The average Bonchev–Trinajstić information content (AvgIpc) is 2.91. The van der Waals surface area contributed by atoms with Crippen LogP contribution in [0.4, 0.5) is 0 Å². The second-order valence-electron chi connectivity index (χ2n) is 9.94. The topological polar surface area (TPSA) is 59.1 Å².